The van der Waals surface area contributed by atoms with Crippen LogP contribution in [0.5, 0.6) is 0 Å². The van der Waals surface area contributed by atoms with Gasteiger partial charge in [0.2, 0.25) is 11.8 Å². The third-order valence-corrected chi connectivity index (χ3v) is 4.76. The summed E-state index contributed by atoms with van der Waals surface area (Å²) in [4.78, 5) is 25.5. The highest BCUT2D eigenvalue weighted by Gasteiger charge is 2.15. The van der Waals surface area contributed by atoms with Crippen molar-refractivity contribution in [3.8, 4) is 0 Å². The molecule has 0 bridgehead atoms. The Morgan fingerprint density at radius 1 is 1.00 bits per heavy atom. The van der Waals surface area contributed by atoms with Crippen molar-refractivity contribution in [2.24, 2.45) is 0 Å². The molecule has 0 spiro atoms. The summed E-state index contributed by atoms with van der Waals surface area (Å²) in [5, 5.41) is 4.11. The van der Waals surface area contributed by atoms with Crippen LogP contribution in [-0.4, -0.2) is 18.4 Å². The predicted octanol–water partition coefficient (Wildman–Crippen LogP) is 5.34. The average Bonchev–Trinajstić information content (AvgIpc) is 2.54. The standard InChI is InChI=1S/C18H17Cl3N2O2/c1-11-3-4-13(9-16(11)20)22-18(25)7-8-23(12(2)24)14-5-6-15(19)17(21)10-14/h3-6,9-10H,7-8H2,1-2H3,(H,22,25). The van der Waals surface area contributed by atoms with Gasteiger partial charge in [-0.05, 0) is 42.8 Å². The maximum absolute atomic E-state index is 12.1. The fourth-order valence-corrected chi connectivity index (χ4v) is 2.70. The van der Waals surface area contributed by atoms with Crippen molar-refractivity contribution in [1.29, 1.82) is 0 Å². The molecule has 0 heterocycles. The third-order valence-electron chi connectivity index (χ3n) is 3.61. The SMILES string of the molecule is CC(=O)N(CCC(=O)Nc1ccc(C)c(Cl)c1)c1ccc(Cl)c(Cl)c1. The molecule has 0 atom stereocenters. The number of hydrogen-bond acceptors (Lipinski definition) is 2. The lowest BCUT2D eigenvalue weighted by Gasteiger charge is -2.21. The Hall–Kier alpha value is -1.75. The Balaban J connectivity index is 2.02. The van der Waals surface area contributed by atoms with Gasteiger partial charge in [0, 0.05) is 36.3 Å². The van der Waals surface area contributed by atoms with Crippen LogP contribution in [0.1, 0.15) is 18.9 Å². The zero-order valence-electron chi connectivity index (χ0n) is 13.8. The van der Waals surface area contributed by atoms with E-state index in [4.69, 9.17) is 34.8 Å². The first-order chi connectivity index (χ1) is 11.8. The summed E-state index contributed by atoms with van der Waals surface area (Å²) in [6, 6.07) is 10.2. The molecule has 0 aliphatic rings. The topological polar surface area (TPSA) is 49.4 Å². The number of nitrogens with one attached hydrogen (secondary N) is 1. The molecule has 0 aliphatic carbocycles. The third kappa shape index (κ3) is 5.36. The van der Waals surface area contributed by atoms with Crippen LogP contribution < -0.4 is 10.2 Å². The van der Waals surface area contributed by atoms with Crippen LogP contribution in [0.15, 0.2) is 36.4 Å². The summed E-state index contributed by atoms with van der Waals surface area (Å²) in [5.74, 6) is -0.407. The van der Waals surface area contributed by atoms with Gasteiger partial charge in [0.15, 0.2) is 0 Å². The normalized spacial score (nSPS) is 10.4. The first-order valence-corrected chi connectivity index (χ1v) is 8.70. The lowest BCUT2D eigenvalue weighted by Crippen LogP contribution is -2.31. The minimum Gasteiger partial charge on any atom is -0.326 e. The largest absolute Gasteiger partial charge is 0.326 e. The van der Waals surface area contributed by atoms with E-state index in [9.17, 15) is 9.59 Å². The predicted molar refractivity (Wildman–Crippen MR) is 104 cm³/mol. The summed E-state index contributed by atoms with van der Waals surface area (Å²) in [5.41, 5.74) is 2.14. The van der Waals surface area contributed by atoms with Gasteiger partial charge in [0.05, 0.1) is 10.0 Å². The maximum atomic E-state index is 12.1. The number of aryl methyl sites for hydroxylation is 1. The number of carbonyl (C=O) groups excluding carboxylic acids is 2. The van der Waals surface area contributed by atoms with Crippen molar-refractivity contribution in [2.75, 3.05) is 16.8 Å². The molecule has 0 aliphatic heterocycles. The first kappa shape index (κ1) is 19.6. The number of benzene rings is 2. The number of carbonyl (C=O) groups is 2. The van der Waals surface area contributed by atoms with Crippen LogP contribution in [0.25, 0.3) is 0 Å². The molecule has 0 aromatic heterocycles. The highest BCUT2D eigenvalue weighted by atomic mass is 35.5. The lowest BCUT2D eigenvalue weighted by molar-refractivity contribution is -0.117. The molecule has 0 saturated heterocycles. The fourth-order valence-electron chi connectivity index (χ4n) is 2.23. The Kier molecular flexibility index (Phi) is 6.71. The van der Waals surface area contributed by atoms with Gasteiger partial charge in [-0.2, -0.15) is 0 Å². The highest BCUT2D eigenvalue weighted by Crippen LogP contribution is 2.27. The van der Waals surface area contributed by atoms with Crippen molar-refractivity contribution in [3.05, 3.63) is 57.0 Å². The molecule has 2 aromatic rings. The minimum absolute atomic E-state index is 0.130. The van der Waals surface area contributed by atoms with Crippen molar-refractivity contribution < 1.29 is 9.59 Å². The monoisotopic (exact) mass is 398 g/mol. The molecule has 0 saturated carbocycles. The molecule has 0 fully saturated rings. The zero-order valence-corrected chi connectivity index (χ0v) is 16.0. The van der Waals surface area contributed by atoms with Gasteiger partial charge in [0.25, 0.3) is 0 Å². The molecule has 0 radical (unpaired) electrons. The van der Waals surface area contributed by atoms with E-state index in [-0.39, 0.29) is 24.8 Å². The molecular formula is C18H17Cl3N2O2. The van der Waals surface area contributed by atoms with Crippen LogP contribution in [0.3, 0.4) is 0 Å². The van der Waals surface area contributed by atoms with E-state index in [1.165, 1.54) is 11.8 Å². The van der Waals surface area contributed by atoms with Gasteiger partial charge in [0.1, 0.15) is 0 Å². The summed E-state index contributed by atoms with van der Waals surface area (Å²) in [7, 11) is 0. The second-order valence-electron chi connectivity index (χ2n) is 5.53. The second-order valence-corrected chi connectivity index (χ2v) is 6.75. The van der Waals surface area contributed by atoms with Crippen molar-refractivity contribution >= 4 is 58.0 Å². The molecule has 2 amide bonds. The van der Waals surface area contributed by atoms with Gasteiger partial charge < -0.3 is 10.2 Å². The van der Waals surface area contributed by atoms with Crippen molar-refractivity contribution in [2.45, 2.75) is 20.3 Å². The first-order valence-electron chi connectivity index (χ1n) is 7.57. The number of halogens is 3. The molecule has 0 unspecified atom stereocenters. The van der Waals surface area contributed by atoms with Gasteiger partial charge in [-0.25, -0.2) is 0 Å². The Morgan fingerprint density at radius 2 is 1.72 bits per heavy atom. The molecule has 132 valence electrons. The van der Waals surface area contributed by atoms with Crippen molar-refractivity contribution in [1.82, 2.24) is 0 Å². The Labute approximate surface area is 161 Å². The number of hydrogen-bond donors (Lipinski definition) is 1. The van der Waals surface area contributed by atoms with Crippen LogP contribution in [0, 0.1) is 6.92 Å². The van der Waals surface area contributed by atoms with Crippen LogP contribution in [0.2, 0.25) is 15.1 Å². The highest BCUT2D eigenvalue weighted by molar-refractivity contribution is 6.42. The Bertz CT molecular complexity index is 809. The summed E-state index contributed by atoms with van der Waals surface area (Å²) < 4.78 is 0. The van der Waals surface area contributed by atoms with Crippen molar-refractivity contribution in [3.63, 3.8) is 0 Å². The second kappa shape index (κ2) is 8.56. The lowest BCUT2D eigenvalue weighted by atomic mass is 10.2. The molecule has 4 nitrogen and oxygen atoms in total. The smallest absolute Gasteiger partial charge is 0.226 e. The van der Waals surface area contributed by atoms with Crippen LogP contribution in [0.4, 0.5) is 11.4 Å². The molecular weight excluding hydrogens is 383 g/mol. The average molecular weight is 400 g/mol. The molecule has 25 heavy (non-hydrogen) atoms. The molecule has 2 aromatic carbocycles. The quantitative estimate of drug-likeness (QED) is 0.738. The fraction of sp³-hybridized carbons (Fsp3) is 0.222. The summed E-state index contributed by atoms with van der Waals surface area (Å²) >= 11 is 17.9. The molecule has 1 N–H and O–H groups in total. The Morgan fingerprint density at radius 3 is 2.32 bits per heavy atom. The molecule has 7 heteroatoms. The van der Waals surface area contributed by atoms with Gasteiger partial charge in [-0.3, -0.25) is 9.59 Å². The molecule has 2 rings (SSSR count). The summed E-state index contributed by atoms with van der Waals surface area (Å²) in [6.07, 6.45) is 0.130. The van der Waals surface area contributed by atoms with E-state index in [0.717, 1.165) is 5.56 Å². The zero-order chi connectivity index (χ0) is 18.6. The van der Waals surface area contributed by atoms with Gasteiger partial charge in [-0.1, -0.05) is 40.9 Å². The van der Waals surface area contributed by atoms with E-state index < -0.39 is 0 Å². The van der Waals surface area contributed by atoms with Gasteiger partial charge in [-0.15, -0.1) is 0 Å². The number of rotatable bonds is 5. The van der Waals surface area contributed by atoms with E-state index in [1.54, 1.807) is 30.3 Å². The van der Waals surface area contributed by atoms with E-state index in [2.05, 4.69) is 5.32 Å². The van der Waals surface area contributed by atoms with Crippen LogP contribution >= 0.6 is 34.8 Å². The number of amides is 2. The summed E-state index contributed by atoms with van der Waals surface area (Å²) in [6.45, 7) is 3.54. The van der Waals surface area contributed by atoms with E-state index in [0.29, 0.717) is 26.4 Å². The van der Waals surface area contributed by atoms with Gasteiger partial charge >= 0.3 is 0 Å². The number of anilines is 2. The maximum Gasteiger partial charge on any atom is 0.226 e. The van der Waals surface area contributed by atoms with Crippen LogP contribution in [-0.2, 0) is 9.59 Å². The van der Waals surface area contributed by atoms with E-state index >= 15 is 0 Å². The number of nitrogens with zero attached hydrogens (tertiary/aromatic N) is 1. The van der Waals surface area contributed by atoms with E-state index in [1.807, 2.05) is 13.0 Å². The minimum atomic E-state index is -0.216.